The molecule has 0 aromatic heterocycles. The first-order valence-corrected chi connectivity index (χ1v) is 7.81. The van der Waals surface area contributed by atoms with Gasteiger partial charge in [0.2, 0.25) is 0 Å². The summed E-state index contributed by atoms with van der Waals surface area (Å²) < 4.78 is 19.2. The lowest BCUT2D eigenvalue weighted by Crippen LogP contribution is -2.21. The number of benzene rings is 2. The van der Waals surface area contributed by atoms with Crippen molar-refractivity contribution in [1.82, 2.24) is 10.6 Å². The molecular formula is C17H12ClFN2O2S. The number of nitrogens with one attached hydrogen (secondary N) is 2. The Hall–Kier alpha value is -2.44. The van der Waals surface area contributed by atoms with E-state index < -0.39 is 5.82 Å². The Bertz CT molecular complexity index is 817. The van der Waals surface area contributed by atoms with Crippen molar-refractivity contribution < 1.29 is 13.9 Å². The first kappa shape index (κ1) is 16.4. The minimum absolute atomic E-state index is 0.0319. The predicted octanol–water partition coefficient (Wildman–Crippen LogP) is 3.40. The quantitative estimate of drug-likeness (QED) is 0.646. The molecule has 0 unspecified atom stereocenters. The van der Waals surface area contributed by atoms with Crippen molar-refractivity contribution in [2.24, 2.45) is 0 Å². The van der Waals surface area contributed by atoms with Crippen LogP contribution in [0.15, 0.2) is 48.2 Å². The summed E-state index contributed by atoms with van der Waals surface area (Å²) in [5.41, 5.74) is 1.49. The molecule has 1 aliphatic heterocycles. The van der Waals surface area contributed by atoms with Gasteiger partial charge in [0.1, 0.15) is 23.9 Å². The van der Waals surface area contributed by atoms with Crippen LogP contribution in [0, 0.1) is 5.82 Å². The topological polar surface area (TPSA) is 50.4 Å². The molecule has 0 radical (unpaired) electrons. The van der Waals surface area contributed by atoms with E-state index in [-0.39, 0.29) is 17.6 Å². The van der Waals surface area contributed by atoms with E-state index in [9.17, 15) is 9.18 Å². The molecule has 2 aromatic rings. The zero-order chi connectivity index (χ0) is 17.1. The van der Waals surface area contributed by atoms with Gasteiger partial charge >= 0.3 is 0 Å². The Morgan fingerprint density at radius 3 is 2.54 bits per heavy atom. The molecule has 0 saturated carbocycles. The smallest absolute Gasteiger partial charge is 0.273 e. The normalized spacial score (nSPS) is 15.3. The van der Waals surface area contributed by atoms with Gasteiger partial charge in [0.25, 0.3) is 5.91 Å². The highest BCUT2D eigenvalue weighted by molar-refractivity contribution is 7.80. The first-order valence-electron chi connectivity index (χ1n) is 7.03. The highest BCUT2D eigenvalue weighted by atomic mass is 35.5. The van der Waals surface area contributed by atoms with Crippen molar-refractivity contribution in [3.8, 4) is 5.75 Å². The van der Waals surface area contributed by atoms with Crippen LogP contribution in [0.1, 0.15) is 11.1 Å². The van der Waals surface area contributed by atoms with Gasteiger partial charge < -0.3 is 10.1 Å². The fourth-order valence-corrected chi connectivity index (χ4v) is 2.56. The van der Waals surface area contributed by atoms with Gasteiger partial charge in [-0.3, -0.25) is 10.1 Å². The molecule has 0 spiro atoms. The van der Waals surface area contributed by atoms with E-state index in [0.717, 1.165) is 5.56 Å². The molecule has 2 aromatic carbocycles. The minimum atomic E-state index is -0.404. The summed E-state index contributed by atoms with van der Waals surface area (Å²) in [4.78, 5) is 11.6. The second kappa shape index (κ2) is 6.98. The van der Waals surface area contributed by atoms with E-state index >= 15 is 0 Å². The first-order chi connectivity index (χ1) is 11.5. The van der Waals surface area contributed by atoms with Gasteiger partial charge in [-0.05, 0) is 48.1 Å². The summed E-state index contributed by atoms with van der Waals surface area (Å²) >= 11 is 10.8. The number of carbonyl (C=O) groups excluding carboxylic acids is 1. The Balaban J connectivity index is 1.68. The van der Waals surface area contributed by atoms with Crippen molar-refractivity contribution in [2.75, 3.05) is 0 Å². The van der Waals surface area contributed by atoms with Gasteiger partial charge in [-0.15, -0.1) is 0 Å². The van der Waals surface area contributed by atoms with Crippen molar-refractivity contribution in [1.29, 1.82) is 0 Å². The molecule has 1 heterocycles. The van der Waals surface area contributed by atoms with E-state index in [4.69, 9.17) is 28.6 Å². The third-order valence-corrected chi connectivity index (χ3v) is 3.91. The summed E-state index contributed by atoms with van der Waals surface area (Å²) in [5, 5.41) is 5.87. The molecule has 7 heteroatoms. The van der Waals surface area contributed by atoms with Crippen LogP contribution in [0.3, 0.4) is 0 Å². The minimum Gasteiger partial charge on any atom is -0.489 e. The third kappa shape index (κ3) is 3.72. The van der Waals surface area contributed by atoms with Crippen LogP contribution in [-0.2, 0) is 11.4 Å². The molecule has 4 nitrogen and oxygen atoms in total. The third-order valence-electron chi connectivity index (χ3n) is 3.36. The predicted molar refractivity (Wildman–Crippen MR) is 94.0 cm³/mol. The Morgan fingerprint density at radius 1 is 1.17 bits per heavy atom. The zero-order valence-electron chi connectivity index (χ0n) is 12.3. The Kier molecular flexibility index (Phi) is 4.78. The monoisotopic (exact) mass is 362 g/mol. The molecule has 0 atom stereocenters. The van der Waals surface area contributed by atoms with E-state index in [1.807, 2.05) is 0 Å². The van der Waals surface area contributed by atoms with Crippen LogP contribution < -0.4 is 15.4 Å². The zero-order valence-corrected chi connectivity index (χ0v) is 13.9. The van der Waals surface area contributed by atoms with Crippen LogP contribution in [-0.4, -0.2) is 11.0 Å². The lowest BCUT2D eigenvalue weighted by molar-refractivity contribution is -0.115. The lowest BCUT2D eigenvalue weighted by Gasteiger charge is -2.09. The largest absolute Gasteiger partial charge is 0.489 e. The van der Waals surface area contributed by atoms with E-state index in [2.05, 4.69) is 10.6 Å². The number of amides is 1. The summed E-state index contributed by atoms with van der Waals surface area (Å²) in [6.45, 7) is 0.0319. The highest BCUT2D eigenvalue weighted by Crippen LogP contribution is 2.22. The van der Waals surface area contributed by atoms with Crippen molar-refractivity contribution in [3.63, 3.8) is 0 Å². The molecule has 0 bridgehead atoms. The van der Waals surface area contributed by atoms with E-state index in [1.54, 1.807) is 42.5 Å². The summed E-state index contributed by atoms with van der Waals surface area (Å²) in [5.74, 6) is -0.108. The number of halogens is 2. The molecule has 122 valence electrons. The van der Waals surface area contributed by atoms with Gasteiger partial charge in [-0.2, -0.15) is 0 Å². The van der Waals surface area contributed by atoms with Crippen LogP contribution >= 0.6 is 23.8 Å². The maximum absolute atomic E-state index is 13.7. The molecular weight excluding hydrogens is 351 g/mol. The molecule has 2 N–H and O–H groups in total. The van der Waals surface area contributed by atoms with E-state index in [1.165, 1.54) is 6.07 Å². The maximum atomic E-state index is 13.7. The fourth-order valence-electron chi connectivity index (χ4n) is 2.14. The summed E-state index contributed by atoms with van der Waals surface area (Å²) in [7, 11) is 0. The molecule has 1 saturated heterocycles. The van der Waals surface area contributed by atoms with Gasteiger partial charge in [-0.25, -0.2) is 4.39 Å². The molecule has 1 amide bonds. The summed E-state index contributed by atoms with van der Waals surface area (Å²) in [6, 6.07) is 11.5. The second-order valence-corrected chi connectivity index (χ2v) is 5.84. The SMILES string of the molecule is O=C1NC(=S)N/C1=C/c1ccc(OCc2c(F)cccc2Cl)cc1. The highest BCUT2D eigenvalue weighted by Gasteiger charge is 2.19. The number of carbonyl (C=O) groups is 1. The molecule has 1 aliphatic rings. The van der Waals surface area contributed by atoms with Crippen molar-refractivity contribution in [2.45, 2.75) is 6.61 Å². The van der Waals surface area contributed by atoms with Crippen molar-refractivity contribution >= 4 is 40.9 Å². The average Bonchev–Trinajstić information content (AvgIpc) is 2.86. The van der Waals surface area contributed by atoms with E-state index in [0.29, 0.717) is 22.0 Å². The Morgan fingerprint density at radius 2 is 1.92 bits per heavy atom. The number of rotatable bonds is 4. The maximum Gasteiger partial charge on any atom is 0.273 e. The number of thiocarbonyl (C=S) groups is 1. The van der Waals surface area contributed by atoms with Gasteiger partial charge in [0.05, 0.1) is 5.02 Å². The number of hydrogen-bond donors (Lipinski definition) is 2. The molecule has 3 rings (SSSR count). The molecule has 1 fully saturated rings. The second-order valence-electron chi connectivity index (χ2n) is 5.02. The summed E-state index contributed by atoms with van der Waals surface area (Å²) in [6.07, 6.45) is 1.67. The lowest BCUT2D eigenvalue weighted by atomic mass is 10.2. The Labute approximate surface area is 148 Å². The van der Waals surface area contributed by atoms with Crippen molar-refractivity contribution in [3.05, 3.63) is 70.1 Å². The average molecular weight is 363 g/mol. The van der Waals surface area contributed by atoms with Crippen LogP contribution in [0.5, 0.6) is 5.75 Å². The standard InChI is InChI=1S/C17H12ClFN2O2S/c18-13-2-1-3-14(19)12(13)9-23-11-6-4-10(5-7-11)8-15-16(22)21-17(24)20-15/h1-8H,9H2,(H2,20,21,22,24)/b15-8+. The van der Waals surface area contributed by atoms with Gasteiger partial charge in [0, 0.05) is 5.56 Å². The van der Waals surface area contributed by atoms with Gasteiger partial charge in [0.15, 0.2) is 5.11 Å². The molecule has 0 aliphatic carbocycles. The fraction of sp³-hybridized carbons (Fsp3) is 0.0588. The number of ether oxygens (including phenoxy) is 1. The van der Waals surface area contributed by atoms with Crippen LogP contribution in [0.4, 0.5) is 4.39 Å². The van der Waals surface area contributed by atoms with Crippen LogP contribution in [0.2, 0.25) is 5.02 Å². The number of hydrogen-bond acceptors (Lipinski definition) is 3. The molecule has 24 heavy (non-hydrogen) atoms. The van der Waals surface area contributed by atoms with Crippen LogP contribution in [0.25, 0.3) is 6.08 Å². The van der Waals surface area contributed by atoms with Gasteiger partial charge in [-0.1, -0.05) is 29.8 Å².